The summed E-state index contributed by atoms with van der Waals surface area (Å²) in [7, 11) is -2.55. The predicted molar refractivity (Wildman–Crippen MR) is 121 cm³/mol. The first-order valence-corrected chi connectivity index (χ1v) is 11.1. The van der Waals surface area contributed by atoms with E-state index in [1.807, 2.05) is 19.9 Å². The van der Waals surface area contributed by atoms with Gasteiger partial charge in [0, 0.05) is 11.1 Å². The van der Waals surface area contributed by atoms with Crippen molar-refractivity contribution in [3.63, 3.8) is 0 Å². The molecule has 166 valence electrons. The van der Waals surface area contributed by atoms with Gasteiger partial charge in [-0.05, 0) is 56.3 Å². The Balaban J connectivity index is 1.73. The molecular weight excluding hydrogens is 430 g/mol. The molecule has 0 saturated heterocycles. The van der Waals surface area contributed by atoms with Crippen LogP contribution in [0.5, 0.6) is 5.75 Å². The Morgan fingerprint density at radius 2 is 1.41 bits per heavy atom. The molecule has 3 N–H and O–H groups in total. The van der Waals surface area contributed by atoms with E-state index in [1.54, 1.807) is 36.4 Å². The number of methoxy groups -OCH3 is 1. The number of sulfonamides is 1. The van der Waals surface area contributed by atoms with Gasteiger partial charge in [0.2, 0.25) is 0 Å². The number of amides is 2. The molecule has 32 heavy (non-hydrogen) atoms. The topological polar surface area (TPSA) is 114 Å². The van der Waals surface area contributed by atoms with Gasteiger partial charge in [0.15, 0.2) is 0 Å². The zero-order chi connectivity index (χ0) is 23.3. The number of rotatable bonds is 6. The molecule has 0 aromatic heterocycles. The number of nitrogens with one attached hydrogen (secondary N) is 3. The summed E-state index contributed by atoms with van der Waals surface area (Å²) < 4.78 is 33.2. The summed E-state index contributed by atoms with van der Waals surface area (Å²) in [6.07, 6.45) is 0. The Morgan fingerprint density at radius 3 is 2.06 bits per heavy atom. The van der Waals surface area contributed by atoms with Gasteiger partial charge in [0.25, 0.3) is 21.8 Å². The molecule has 0 atom stereocenters. The van der Waals surface area contributed by atoms with Crippen LogP contribution in [0, 0.1) is 13.8 Å². The number of para-hydroxylation sites is 2. The first-order valence-electron chi connectivity index (χ1n) is 9.64. The second-order valence-electron chi connectivity index (χ2n) is 7.12. The lowest BCUT2D eigenvalue weighted by atomic mass is 10.1. The van der Waals surface area contributed by atoms with Crippen molar-refractivity contribution in [1.29, 1.82) is 0 Å². The third-order valence-corrected chi connectivity index (χ3v) is 5.89. The summed E-state index contributed by atoms with van der Waals surface area (Å²) in [5.74, 6) is -0.775. The molecule has 3 aromatic rings. The summed E-state index contributed by atoms with van der Waals surface area (Å²) in [5, 5.41) is 0. The predicted octanol–water partition coefficient (Wildman–Crippen LogP) is 3.19. The highest BCUT2D eigenvalue weighted by Crippen LogP contribution is 2.26. The zero-order valence-corrected chi connectivity index (χ0v) is 18.6. The van der Waals surface area contributed by atoms with Crippen molar-refractivity contribution in [3.8, 4) is 5.75 Å². The quantitative estimate of drug-likeness (QED) is 0.496. The van der Waals surface area contributed by atoms with Crippen LogP contribution in [0.3, 0.4) is 0 Å². The summed E-state index contributed by atoms with van der Waals surface area (Å²) >= 11 is 0. The Labute approximate surface area is 186 Å². The van der Waals surface area contributed by atoms with E-state index in [1.165, 1.54) is 31.4 Å². The largest absolute Gasteiger partial charge is 0.495 e. The van der Waals surface area contributed by atoms with Crippen molar-refractivity contribution >= 4 is 27.5 Å². The molecule has 9 heteroatoms. The summed E-state index contributed by atoms with van der Waals surface area (Å²) in [6.45, 7) is 3.74. The lowest BCUT2D eigenvalue weighted by Crippen LogP contribution is -2.41. The number of carbonyl (C=O) groups is 2. The van der Waals surface area contributed by atoms with Crippen molar-refractivity contribution in [3.05, 3.63) is 89.0 Å². The Kier molecular flexibility index (Phi) is 6.79. The molecule has 0 bridgehead atoms. The molecule has 0 heterocycles. The summed E-state index contributed by atoms with van der Waals surface area (Å²) in [6, 6.07) is 17.4. The van der Waals surface area contributed by atoms with Crippen molar-refractivity contribution in [2.75, 3.05) is 11.8 Å². The molecule has 0 spiro atoms. The first kappa shape index (κ1) is 22.8. The third-order valence-electron chi connectivity index (χ3n) is 4.53. The smallest absolute Gasteiger partial charge is 0.269 e. The van der Waals surface area contributed by atoms with Crippen LogP contribution < -0.4 is 20.3 Å². The van der Waals surface area contributed by atoms with E-state index in [0.29, 0.717) is 11.3 Å². The number of benzene rings is 3. The molecule has 3 aromatic carbocycles. The second-order valence-corrected chi connectivity index (χ2v) is 8.80. The Morgan fingerprint density at radius 1 is 0.781 bits per heavy atom. The van der Waals surface area contributed by atoms with E-state index >= 15 is 0 Å². The SMILES string of the molecule is COc1ccccc1NS(=O)(=O)c1cccc(C(=O)NNC(=O)c2cc(C)cc(C)c2)c1. The highest BCUT2D eigenvalue weighted by Gasteiger charge is 2.18. The first-order chi connectivity index (χ1) is 15.2. The number of anilines is 1. The lowest BCUT2D eigenvalue weighted by molar-refractivity contribution is 0.0846. The van der Waals surface area contributed by atoms with Crippen LogP contribution in [0.15, 0.2) is 71.6 Å². The van der Waals surface area contributed by atoms with Gasteiger partial charge in [-0.1, -0.05) is 35.4 Å². The van der Waals surface area contributed by atoms with Crippen LogP contribution >= 0.6 is 0 Å². The van der Waals surface area contributed by atoms with Crippen LogP contribution in [-0.2, 0) is 10.0 Å². The fraction of sp³-hybridized carbons (Fsp3) is 0.130. The van der Waals surface area contributed by atoms with Crippen molar-refractivity contribution in [2.45, 2.75) is 18.7 Å². The Hall–Kier alpha value is -3.85. The van der Waals surface area contributed by atoms with Crippen molar-refractivity contribution in [1.82, 2.24) is 10.9 Å². The van der Waals surface area contributed by atoms with E-state index in [-0.39, 0.29) is 16.1 Å². The number of carbonyl (C=O) groups excluding carboxylic acids is 2. The molecule has 2 amide bonds. The van der Waals surface area contributed by atoms with Gasteiger partial charge >= 0.3 is 0 Å². The lowest BCUT2D eigenvalue weighted by Gasteiger charge is -2.12. The summed E-state index contributed by atoms with van der Waals surface area (Å²) in [4.78, 5) is 24.7. The van der Waals surface area contributed by atoms with Gasteiger partial charge in [-0.25, -0.2) is 8.42 Å². The van der Waals surface area contributed by atoms with Crippen LogP contribution in [-0.4, -0.2) is 27.3 Å². The van der Waals surface area contributed by atoms with Gasteiger partial charge in [-0.15, -0.1) is 0 Å². The molecule has 0 fully saturated rings. The number of aryl methyl sites for hydroxylation is 2. The number of hydrogen-bond donors (Lipinski definition) is 3. The average molecular weight is 454 g/mol. The third kappa shape index (κ3) is 5.44. The molecule has 3 rings (SSSR count). The zero-order valence-electron chi connectivity index (χ0n) is 17.8. The monoisotopic (exact) mass is 453 g/mol. The molecule has 8 nitrogen and oxygen atoms in total. The van der Waals surface area contributed by atoms with Gasteiger partial charge in [0.1, 0.15) is 5.75 Å². The van der Waals surface area contributed by atoms with E-state index in [0.717, 1.165) is 11.1 Å². The van der Waals surface area contributed by atoms with Crippen LogP contribution in [0.1, 0.15) is 31.8 Å². The van der Waals surface area contributed by atoms with Crippen LogP contribution in [0.25, 0.3) is 0 Å². The average Bonchev–Trinajstić information content (AvgIpc) is 2.76. The van der Waals surface area contributed by atoms with Gasteiger partial charge in [-0.2, -0.15) is 0 Å². The fourth-order valence-corrected chi connectivity index (χ4v) is 4.22. The standard InChI is InChI=1S/C23H23N3O5S/c1-15-11-16(2)13-18(12-15)23(28)25-24-22(27)17-7-6-8-19(14-17)32(29,30)26-20-9-4-5-10-21(20)31-3/h4-14,26H,1-3H3,(H,24,27)(H,25,28). The maximum atomic E-state index is 12.8. The van der Waals surface area contributed by atoms with Crippen molar-refractivity contribution < 1.29 is 22.7 Å². The normalized spacial score (nSPS) is 10.8. The van der Waals surface area contributed by atoms with Crippen LogP contribution in [0.4, 0.5) is 5.69 Å². The Bertz CT molecular complexity index is 1250. The second kappa shape index (κ2) is 9.52. The number of ether oxygens (including phenoxy) is 1. The highest BCUT2D eigenvalue weighted by molar-refractivity contribution is 7.92. The molecule has 0 aliphatic rings. The molecule has 0 unspecified atom stereocenters. The van der Waals surface area contributed by atoms with E-state index in [9.17, 15) is 18.0 Å². The van der Waals surface area contributed by atoms with Crippen LogP contribution in [0.2, 0.25) is 0 Å². The molecule has 0 radical (unpaired) electrons. The van der Waals surface area contributed by atoms with Gasteiger partial charge in [0.05, 0.1) is 17.7 Å². The summed E-state index contributed by atoms with van der Waals surface area (Å²) in [5.41, 5.74) is 7.23. The number of hydrogen-bond acceptors (Lipinski definition) is 5. The molecular formula is C23H23N3O5S. The number of hydrazine groups is 1. The van der Waals surface area contributed by atoms with E-state index in [4.69, 9.17) is 4.74 Å². The minimum absolute atomic E-state index is 0.0635. The fourth-order valence-electron chi connectivity index (χ4n) is 3.10. The van der Waals surface area contributed by atoms with E-state index < -0.39 is 21.8 Å². The highest BCUT2D eigenvalue weighted by atomic mass is 32.2. The molecule has 0 aliphatic carbocycles. The maximum Gasteiger partial charge on any atom is 0.269 e. The molecule has 0 saturated carbocycles. The van der Waals surface area contributed by atoms with Gasteiger partial charge in [-0.3, -0.25) is 25.2 Å². The van der Waals surface area contributed by atoms with Crippen molar-refractivity contribution in [2.24, 2.45) is 0 Å². The molecule has 0 aliphatic heterocycles. The van der Waals surface area contributed by atoms with E-state index in [2.05, 4.69) is 15.6 Å². The minimum Gasteiger partial charge on any atom is -0.495 e. The maximum absolute atomic E-state index is 12.8. The minimum atomic E-state index is -3.98. The van der Waals surface area contributed by atoms with Gasteiger partial charge < -0.3 is 4.74 Å².